The van der Waals surface area contributed by atoms with Crippen LogP contribution in [0.3, 0.4) is 0 Å². The Morgan fingerprint density at radius 3 is 1.30 bits per heavy atom. The standard InChI is InChI=1S/C92H90B2N6/c1-55-57(3)95-76-51-66(53-78-81(76)93(72-30-22-27-68(55)83(72)95)73-31-23-28-70-84(73)99(78)91(13)49-20-18-47-89(70,91)11)97(62-25-16-15-17-26-62)63-39-33-59(34-40-63)69-45-46-75-86-80(69)56(2)58(4)96(86)77-52-67(98(64-41-35-60(36-42-64)87(5,6)7)65-43-37-61(38-44-65)88(8,9)10)54-79-82(77)94(75)74-32-24-29-71-85(74)100(79)92(14)50-21-19-48-90(71,92)12/h15-17,22-46,51-54H,18-21,47-50H2,1-14H3. The molecule has 8 heterocycles. The number of nitrogens with zero attached hydrogens (tertiary/aromatic N) is 6. The summed E-state index contributed by atoms with van der Waals surface area (Å²) in [5, 5.41) is 2.70. The molecule has 8 aliphatic rings. The number of hydrogen-bond acceptors (Lipinski definition) is 4. The molecule has 2 saturated carbocycles. The van der Waals surface area contributed by atoms with Crippen molar-refractivity contribution < 1.29 is 0 Å². The first-order valence-corrected chi connectivity index (χ1v) is 37.5. The van der Waals surface area contributed by atoms with Crippen LogP contribution in [0.5, 0.6) is 0 Å². The van der Waals surface area contributed by atoms with Gasteiger partial charge in [0.1, 0.15) is 0 Å². The third-order valence-corrected chi connectivity index (χ3v) is 27.6. The number of aryl methyl sites for hydroxylation is 2. The lowest BCUT2D eigenvalue weighted by Gasteiger charge is -2.52. The van der Waals surface area contributed by atoms with Gasteiger partial charge in [-0.3, -0.25) is 0 Å². The molecule has 2 aromatic heterocycles. The van der Waals surface area contributed by atoms with Crippen molar-refractivity contribution in [3.05, 3.63) is 239 Å². The summed E-state index contributed by atoms with van der Waals surface area (Å²) in [6.07, 6.45) is 9.66. The number of hydrogen-bond donors (Lipinski definition) is 0. The Labute approximate surface area is 592 Å². The second-order valence-corrected chi connectivity index (χ2v) is 34.4. The van der Waals surface area contributed by atoms with Crippen molar-refractivity contribution in [1.29, 1.82) is 0 Å². The van der Waals surface area contributed by atoms with E-state index in [4.69, 9.17) is 0 Å². The summed E-state index contributed by atoms with van der Waals surface area (Å²) in [5.74, 6) is 0. The molecule has 6 nitrogen and oxygen atoms in total. The van der Waals surface area contributed by atoms with Crippen LogP contribution in [0.4, 0.5) is 56.9 Å². The van der Waals surface area contributed by atoms with E-state index in [1.165, 1.54) is 195 Å². The van der Waals surface area contributed by atoms with E-state index in [0.717, 1.165) is 35.6 Å². The maximum absolute atomic E-state index is 2.90. The lowest BCUT2D eigenvalue weighted by Crippen LogP contribution is -2.64. The topological polar surface area (TPSA) is 22.8 Å². The van der Waals surface area contributed by atoms with Crippen LogP contribution in [0.2, 0.25) is 0 Å². The van der Waals surface area contributed by atoms with E-state index in [9.17, 15) is 0 Å². The Morgan fingerprint density at radius 1 is 0.380 bits per heavy atom. The van der Waals surface area contributed by atoms with Crippen molar-refractivity contribution >= 4 is 125 Å². The molecule has 0 bridgehead atoms. The summed E-state index contributed by atoms with van der Waals surface area (Å²) in [6.45, 7) is 34.0. The van der Waals surface area contributed by atoms with Crippen molar-refractivity contribution in [3.8, 4) is 22.5 Å². The average molecular weight is 1300 g/mol. The van der Waals surface area contributed by atoms with Crippen molar-refractivity contribution in [2.45, 2.75) is 181 Å². The first-order chi connectivity index (χ1) is 48.0. The van der Waals surface area contributed by atoms with Crippen molar-refractivity contribution in [2.75, 3.05) is 19.6 Å². The molecule has 0 amide bonds. The molecular weight excluding hydrogens is 1210 g/mol. The normalized spacial score (nSPS) is 21.5. The smallest absolute Gasteiger partial charge is 0.252 e. The Balaban J connectivity index is 0.784. The van der Waals surface area contributed by atoms with E-state index in [1.54, 1.807) is 0 Å². The highest BCUT2D eigenvalue weighted by molar-refractivity contribution is 7.01. The number of benzene rings is 10. The number of aromatic nitrogens is 2. The predicted octanol–water partition coefficient (Wildman–Crippen LogP) is 19.8. The maximum atomic E-state index is 2.90. The third kappa shape index (κ3) is 7.58. The highest BCUT2D eigenvalue weighted by Crippen LogP contribution is 2.64. The van der Waals surface area contributed by atoms with Gasteiger partial charge in [0.2, 0.25) is 0 Å². The zero-order chi connectivity index (χ0) is 68.4. The molecule has 4 atom stereocenters. The fraction of sp³-hybridized carbons (Fsp3) is 0.304. The highest BCUT2D eigenvalue weighted by Gasteiger charge is 2.63. The van der Waals surface area contributed by atoms with Gasteiger partial charge in [-0.1, -0.05) is 202 Å². The molecule has 494 valence electrons. The lowest BCUT2D eigenvalue weighted by atomic mass is 9.33. The monoisotopic (exact) mass is 1300 g/mol. The van der Waals surface area contributed by atoms with E-state index < -0.39 is 0 Å². The predicted molar refractivity (Wildman–Crippen MR) is 426 cm³/mol. The highest BCUT2D eigenvalue weighted by atomic mass is 15.3. The number of anilines is 10. The fourth-order valence-electron chi connectivity index (χ4n) is 21.7. The Bertz CT molecular complexity index is 5490. The van der Waals surface area contributed by atoms with E-state index >= 15 is 0 Å². The average Bonchev–Trinajstić information content (AvgIpc) is 1.54. The molecule has 0 spiro atoms. The molecule has 4 unspecified atom stereocenters. The van der Waals surface area contributed by atoms with E-state index in [2.05, 4.69) is 320 Å². The summed E-state index contributed by atoms with van der Waals surface area (Å²) in [6, 6.07) is 77.0. The van der Waals surface area contributed by atoms with Crippen molar-refractivity contribution in [3.63, 3.8) is 0 Å². The van der Waals surface area contributed by atoms with Gasteiger partial charge in [-0.25, -0.2) is 0 Å². The van der Waals surface area contributed by atoms with Crippen LogP contribution in [-0.4, -0.2) is 33.6 Å². The van der Waals surface area contributed by atoms with Crippen LogP contribution in [0, 0.1) is 27.7 Å². The van der Waals surface area contributed by atoms with Gasteiger partial charge in [0.05, 0.1) is 22.5 Å². The molecular formula is C92H90B2N6. The molecule has 0 radical (unpaired) electrons. The Kier molecular flexibility index (Phi) is 12.2. The van der Waals surface area contributed by atoms with Gasteiger partial charge in [-0.2, -0.15) is 0 Å². The van der Waals surface area contributed by atoms with Gasteiger partial charge >= 0.3 is 0 Å². The molecule has 6 aliphatic heterocycles. The van der Waals surface area contributed by atoms with Crippen LogP contribution in [0.1, 0.15) is 165 Å². The summed E-state index contributed by atoms with van der Waals surface area (Å²) in [7, 11) is 0. The maximum Gasteiger partial charge on any atom is 0.252 e. The zero-order valence-corrected chi connectivity index (χ0v) is 61.0. The van der Waals surface area contributed by atoms with Gasteiger partial charge in [-0.05, 0) is 228 Å². The van der Waals surface area contributed by atoms with Crippen LogP contribution in [0.25, 0.3) is 44.3 Å². The molecule has 2 aliphatic carbocycles. The van der Waals surface area contributed by atoms with Gasteiger partial charge in [0.15, 0.2) is 0 Å². The summed E-state index contributed by atoms with van der Waals surface area (Å²) < 4.78 is 5.35. The van der Waals surface area contributed by atoms with Crippen LogP contribution < -0.4 is 52.4 Å². The molecule has 0 saturated heterocycles. The van der Waals surface area contributed by atoms with Crippen LogP contribution >= 0.6 is 0 Å². The quantitative estimate of drug-likeness (QED) is 0.148. The van der Waals surface area contributed by atoms with Gasteiger partial charge in [-0.15, -0.1) is 0 Å². The van der Waals surface area contributed by atoms with Gasteiger partial charge < -0.3 is 28.7 Å². The fourth-order valence-corrected chi connectivity index (χ4v) is 21.7. The molecule has 100 heavy (non-hydrogen) atoms. The van der Waals surface area contributed by atoms with E-state index in [-0.39, 0.29) is 46.2 Å². The van der Waals surface area contributed by atoms with Crippen molar-refractivity contribution in [2.24, 2.45) is 0 Å². The SMILES string of the molecule is Cc1c(C)n2c3c(cccc13)B1c3cccc4c3N(c3cc(N(c5ccccc5)c5ccc(-c6ccc7c8c6c(C)c(C)n8-c6cc(N(c8ccc(C(C)(C)C)cc8)c8ccc(C(C)(C)C)cc8)cc8c6B7c6cccc7c6N8C6(C)CCCCC76C)cc5)cc-2c31)C1(C)CCCCC41C. The second kappa shape index (κ2) is 20.2. The van der Waals surface area contributed by atoms with Gasteiger partial charge in [0.25, 0.3) is 13.4 Å². The minimum atomic E-state index is -0.114. The zero-order valence-electron chi connectivity index (χ0n) is 61.0. The molecule has 10 aromatic carbocycles. The Morgan fingerprint density at radius 2 is 0.800 bits per heavy atom. The van der Waals surface area contributed by atoms with Gasteiger partial charge in [0, 0.05) is 101 Å². The van der Waals surface area contributed by atoms with Crippen molar-refractivity contribution in [1.82, 2.24) is 9.13 Å². The number of fused-ring (bicyclic) bond motifs is 14. The molecule has 0 N–H and O–H groups in total. The number of para-hydroxylation sites is 4. The minimum absolute atomic E-state index is 0.0136. The van der Waals surface area contributed by atoms with Crippen LogP contribution in [-0.2, 0) is 21.7 Å². The summed E-state index contributed by atoms with van der Waals surface area (Å²) in [5.41, 5.74) is 39.8. The minimum Gasteiger partial charge on any atom is -0.335 e. The largest absolute Gasteiger partial charge is 0.335 e. The number of rotatable bonds is 7. The molecule has 12 aromatic rings. The van der Waals surface area contributed by atoms with E-state index in [0.29, 0.717) is 0 Å². The molecule has 20 rings (SSSR count). The summed E-state index contributed by atoms with van der Waals surface area (Å²) in [4.78, 5) is 10.9. The first kappa shape index (κ1) is 60.6. The summed E-state index contributed by atoms with van der Waals surface area (Å²) >= 11 is 0. The van der Waals surface area contributed by atoms with Crippen LogP contribution in [0.15, 0.2) is 194 Å². The molecule has 2 fully saturated rings. The third-order valence-electron chi connectivity index (χ3n) is 27.6. The lowest BCUT2D eigenvalue weighted by molar-refractivity contribution is 0.195. The molecule has 8 heteroatoms. The second-order valence-electron chi connectivity index (χ2n) is 34.4. The Hall–Kier alpha value is -9.39. The van der Waals surface area contributed by atoms with E-state index in [1.807, 2.05) is 0 Å². The first-order valence-electron chi connectivity index (χ1n) is 37.5.